The summed E-state index contributed by atoms with van der Waals surface area (Å²) in [5.74, 6) is 0.234. The van der Waals surface area contributed by atoms with E-state index in [-0.39, 0.29) is 5.54 Å². The van der Waals surface area contributed by atoms with E-state index in [0.717, 1.165) is 16.6 Å². The minimum absolute atomic E-state index is 0.0705. The molecule has 20 heavy (non-hydrogen) atoms. The van der Waals surface area contributed by atoms with Crippen LogP contribution < -0.4 is 10.1 Å². The average Bonchev–Trinajstić information content (AvgIpc) is 2.37. The first-order valence-corrected chi connectivity index (χ1v) is 7.30. The van der Waals surface area contributed by atoms with Crippen LogP contribution in [-0.2, 0) is 16.1 Å². The minimum Gasteiger partial charge on any atom is -0.478 e. The Balaban J connectivity index is 2.71. The zero-order valence-electron chi connectivity index (χ0n) is 12.6. The second-order valence-corrected chi connectivity index (χ2v) is 6.51. The summed E-state index contributed by atoms with van der Waals surface area (Å²) in [7, 11) is 1.35. The molecule has 0 amide bonds. The standard InChI is InChI=1S/C15H22BrNO3/c1-10(14(18)19-5)20-13-7-6-11(8-12(13)16)9-17-15(2,3)4/h6-8,10,17H,9H2,1-5H3. The molecule has 5 heteroatoms. The molecule has 1 atom stereocenters. The number of hydrogen-bond acceptors (Lipinski definition) is 4. The number of esters is 1. The molecular weight excluding hydrogens is 322 g/mol. The molecular formula is C15H22BrNO3. The largest absolute Gasteiger partial charge is 0.478 e. The smallest absolute Gasteiger partial charge is 0.346 e. The summed E-state index contributed by atoms with van der Waals surface area (Å²) < 4.78 is 11.0. The summed E-state index contributed by atoms with van der Waals surface area (Å²) in [6.07, 6.45) is -0.630. The van der Waals surface area contributed by atoms with Crippen molar-refractivity contribution in [3.05, 3.63) is 28.2 Å². The molecule has 4 nitrogen and oxygen atoms in total. The van der Waals surface area contributed by atoms with Gasteiger partial charge in [0.2, 0.25) is 0 Å². The second kappa shape index (κ2) is 7.09. The third-order valence-corrected chi connectivity index (χ3v) is 3.28. The maximum absolute atomic E-state index is 11.3. The van der Waals surface area contributed by atoms with E-state index in [9.17, 15) is 4.79 Å². The molecule has 1 aromatic carbocycles. The van der Waals surface area contributed by atoms with Crippen molar-refractivity contribution in [2.24, 2.45) is 0 Å². The van der Waals surface area contributed by atoms with Crippen molar-refractivity contribution in [3.63, 3.8) is 0 Å². The topological polar surface area (TPSA) is 47.6 Å². The van der Waals surface area contributed by atoms with Crippen molar-refractivity contribution in [1.82, 2.24) is 5.32 Å². The van der Waals surface area contributed by atoms with Crippen molar-refractivity contribution >= 4 is 21.9 Å². The second-order valence-electron chi connectivity index (χ2n) is 5.65. The summed E-state index contributed by atoms with van der Waals surface area (Å²) in [4.78, 5) is 11.3. The van der Waals surface area contributed by atoms with Crippen LogP contribution in [0.1, 0.15) is 33.3 Å². The average molecular weight is 344 g/mol. The van der Waals surface area contributed by atoms with E-state index in [4.69, 9.17) is 4.74 Å². The number of carbonyl (C=O) groups is 1. The Kier molecular flexibility index (Phi) is 6.02. The highest BCUT2D eigenvalue weighted by Crippen LogP contribution is 2.27. The first-order chi connectivity index (χ1) is 9.23. The van der Waals surface area contributed by atoms with Crippen LogP contribution in [0.3, 0.4) is 0 Å². The van der Waals surface area contributed by atoms with E-state index in [2.05, 4.69) is 46.8 Å². The maximum atomic E-state index is 11.3. The van der Waals surface area contributed by atoms with Gasteiger partial charge in [-0.3, -0.25) is 0 Å². The van der Waals surface area contributed by atoms with Crippen LogP contribution in [0.15, 0.2) is 22.7 Å². The number of methoxy groups -OCH3 is 1. The fourth-order valence-corrected chi connectivity index (χ4v) is 2.04. The zero-order chi connectivity index (χ0) is 15.3. The molecule has 1 unspecified atom stereocenters. The number of ether oxygens (including phenoxy) is 2. The van der Waals surface area contributed by atoms with E-state index in [0.29, 0.717) is 5.75 Å². The highest BCUT2D eigenvalue weighted by molar-refractivity contribution is 9.10. The Morgan fingerprint density at radius 2 is 2.05 bits per heavy atom. The van der Waals surface area contributed by atoms with E-state index >= 15 is 0 Å². The SMILES string of the molecule is COC(=O)C(C)Oc1ccc(CNC(C)(C)C)cc1Br. The number of nitrogens with one attached hydrogen (secondary N) is 1. The van der Waals surface area contributed by atoms with E-state index in [1.54, 1.807) is 6.92 Å². The van der Waals surface area contributed by atoms with Gasteiger partial charge in [0.1, 0.15) is 5.75 Å². The van der Waals surface area contributed by atoms with Gasteiger partial charge < -0.3 is 14.8 Å². The highest BCUT2D eigenvalue weighted by atomic mass is 79.9. The first kappa shape index (κ1) is 17.0. The lowest BCUT2D eigenvalue weighted by atomic mass is 10.1. The van der Waals surface area contributed by atoms with Crippen molar-refractivity contribution in [3.8, 4) is 5.75 Å². The quantitative estimate of drug-likeness (QED) is 0.833. The predicted molar refractivity (Wildman–Crippen MR) is 82.8 cm³/mol. The van der Waals surface area contributed by atoms with Gasteiger partial charge in [0.05, 0.1) is 11.6 Å². The van der Waals surface area contributed by atoms with E-state index in [1.165, 1.54) is 7.11 Å². The molecule has 0 heterocycles. The van der Waals surface area contributed by atoms with Crippen LogP contribution in [0.2, 0.25) is 0 Å². The van der Waals surface area contributed by atoms with Crippen molar-refractivity contribution < 1.29 is 14.3 Å². The zero-order valence-corrected chi connectivity index (χ0v) is 14.2. The highest BCUT2D eigenvalue weighted by Gasteiger charge is 2.16. The summed E-state index contributed by atoms with van der Waals surface area (Å²) in [5.41, 5.74) is 1.21. The molecule has 0 aromatic heterocycles. The fraction of sp³-hybridized carbons (Fsp3) is 0.533. The molecule has 0 aliphatic carbocycles. The summed E-state index contributed by atoms with van der Waals surface area (Å²) in [6, 6.07) is 5.81. The van der Waals surface area contributed by atoms with Crippen LogP contribution in [0.5, 0.6) is 5.75 Å². The van der Waals surface area contributed by atoms with Crippen LogP contribution in [0.25, 0.3) is 0 Å². The van der Waals surface area contributed by atoms with Crippen molar-refractivity contribution in [2.45, 2.75) is 45.9 Å². The molecule has 1 rings (SSSR count). The molecule has 0 spiro atoms. The fourth-order valence-electron chi connectivity index (χ4n) is 1.52. The Bertz CT molecular complexity index is 469. The van der Waals surface area contributed by atoms with Crippen LogP contribution in [0.4, 0.5) is 0 Å². The Hall–Kier alpha value is -1.07. The summed E-state index contributed by atoms with van der Waals surface area (Å²) >= 11 is 3.46. The lowest BCUT2D eigenvalue weighted by molar-refractivity contribution is -0.147. The Morgan fingerprint density at radius 1 is 1.40 bits per heavy atom. The summed E-state index contributed by atoms with van der Waals surface area (Å²) in [6.45, 7) is 8.80. The number of benzene rings is 1. The third-order valence-electron chi connectivity index (χ3n) is 2.66. The molecule has 1 N–H and O–H groups in total. The van der Waals surface area contributed by atoms with Crippen LogP contribution in [0, 0.1) is 0 Å². The molecule has 0 radical (unpaired) electrons. The molecule has 0 bridgehead atoms. The molecule has 1 aromatic rings. The number of carbonyl (C=O) groups excluding carboxylic acids is 1. The minimum atomic E-state index is -0.630. The van der Waals surface area contributed by atoms with Crippen LogP contribution >= 0.6 is 15.9 Å². The Morgan fingerprint density at radius 3 is 2.55 bits per heavy atom. The molecule has 112 valence electrons. The predicted octanol–water partition coefficient (Wildman–Crippen LogP) is 3.28. The van der Waals surface area contributed by atoms with Gasteiger partial charge in [0.25, 0.3) is 0 Å². The number of rotatable bonds is 5. The molecule has 0 fully saturated rings. The maximum Gasteiger partial charge on any atom is 0.346 e. The van der Waals surface area contributed by atoms with Gasteiger partial charge in [0, 0.05) is 12.1 Å². The third kappa shape index (κ3) is 5.51. The van der Waals surface area contributed by atoms with Gasteiger partial charge >= 0.3 is 5.97 Å². The lowest BCUT2D eigenvalue weighted by Gasteiger charge is -2.21. The van der Waals surface area contributed by atoms with Gasteiger partial charge in [-0.05, 0) is 61.3 Å². The lowest BCUT2D eigenvalue weighted by Crippen LogP contribution is -2.35. The van der Waals surface area contributed by atoms with E-state index in [1.807, 2.05) is 18.2 Å². The first-order valence-electron chi connectivity index (χ1n) is 6.51. The molecule has 0 aliphatic rings. The van der Waals surface area contributed by atoms with Gasteiger partial charge in [-0.2, -0.15) is 0 Å². The number of halogens is 1. The van der Waals surface area contributed by atoms with Gasteiger partial charge in [-0.25, -0.2) is 4.79 Å². The van der Waals surface area contributed by atoms with Crippen molar-refractivity contribution in [2.75, 3.05) is 7.11 Å². The van der Waals surface area contributed by atoms with Crippen molar-refractivity contribution in [1.29, 1.82) is 0 Å². The van der Waals surface area contributed by atoms with E-state index < -0.39 is 12.1 Å². The Labute approximate surface area is 129 Å². The normalized spacial score (nSPS) is 12.9. The van der Waals surface area contributed by atoms with Gasteiger partial charge in [-0.15, -0.1) is 0 Å². The van der Waals surface area contributed by atoms with Gasteiger partial charge in [-0.1, -0.05) is 6.07 Å². The molecule has 0 saturated carbocycles. The summed E-state index contributed by atoms with van der Waals surface area (Å²) in [5, 5.41) is 3.42. The monoisotopic (exact) mass is 343 g/mol. The number of hydrogen-bond donors (Lipinski definition) is 1. The molecule has 0 aliphatic heterocycles. The molecule has 0 saturated heterocycles. The van der Waals surface area contributed by atoms with Crippen LogP contribution in [-0.4, -0.2) is 24.7 Å². The van der Waals surface area contributed by atoms with Gasteiger partial charge in [0.15, 0.2) is 6.10 Å².